The number of nitrogens with zero attached hydrogens (tertiary/aromatic N) is 1. The zero-order valence-corrected chi connectivity index (χ0v) is 14.2. The smallest absolute Gasteiger partial charge is 0.269 e. The summed E-state index contributed by atoms with van der Waals surface area (Å²) in [5.41, 5.74) is 0.374. The number of nitrogens with one attached hydrogen (secondary N) is 2. The molecule has 1 aromatic rings. The van der Waals surface area contributed by atoms with E-state index in [-0.39, 0.29) is 29.6 Å². The largest absolute Gasteiger partial charge is 0.353 e. The van der Waals surface area contributed by atoms with E-state index in [1.807, 2.05) is 0 Å². The summed E-state index contributed by atoms with van der Waals surface area (Å²) in [6, 6.07) is 5.74. The Hall–Kier alpha value is -2.44. The molecule has 134 valence electrons. The Morgan fingerprint density at radius 2 is 2.04 bits per heavy atom. The molecule has 0 spiro atoms. The van der Waals surface area contributed by atoms with Crippen LogP contribution in [0.15, 0.2) is 24.3 Å². The molecule has 2 amide bonds. The predicted molar refractivity (Wildman–Crippen MR) is 92.0 cm³/mol. The standard InChI is InChI=1S/C18H23N3O4/c1-2-11-9-17(22)20-16-10-13(5-8-15(11)16)19-18(23)12-3-6-14(7-4-12)21(24)25/h3-4,6-7,11,13,15-16H,2,5,8-10H2,1H3,(H,19,23)(H,20,22). The second kappa shape index (κ2) is 7.21. The van der Waals surface area contributed by atoms with Crippen molar-refractivity contribution in [2.24, 2.45) is 11.8 Å². The second-order valence-corrected chi connectivity index (χ2v) is 7.00. The van der Waals surface area contributed by atoms with Crippen LogP contribution in [0.2, 0.25) is 0 Å². The number of piperidine rings is 1. The Morgan fingerprint density at radius 1 is 1.32 bits per heavy atom. The summed E-state index contributed by atoms with van der Waals surface area (Å²) in [6.45, 7) is 2.13. The Kier molecular flexibility index (Phi) is 5.01. The van der Waals surface area contributed by atoms with Crippen LogP contribution in [-0.2, 0) is 4.79 Å². The maximum atomic E-state index is 12.4. The molecule has 1 saturated heterocycles. The Labute approximate surface area is 146 Å². The second-order valence-electron chi connectivity index (χ2n) is 7.00. The molecule has 1 aliphatic heterocycles. The van der Waals surface area contributed by atoms with E-state index < -0.39 is 4.92 Å². The van der Waals surface area contributed by atoms with Crippen molar-refractivity contribution >= 4 is 17.5 Å². The van der Waals surface area contributed by atoms with Crippen molar-refractivity contribution in [1.82, 2.24) is 10.6 Å². The average molecular weight is 345 g/mol. The normalized spacial score (nSPS) is 28.6. The summed E-state index contributed by atoms with van der Waals surface area (Å²) in [5.74, 6) is 0.809. The van der Waals surface area contributed by atoms with Gasteiger partial charge in [-0.15, -0.1) is 0 Å². The summed E-state index contributed by atoms with van der Waals surface area (Å²) in [7, 11) is 0. The highest BCUT2D eigenvalue weighted by molar-refractivity contribution is 5.94. The first kappa shape index (κ1) is 17.4. The van der Waals surface area contributed by atoms with Crippen LogP contribution < -0.4 is 10.6 Å². The predicted octanol–water partition coefficient (Wildman–Crippen LogP) is 2.41. The van der Waals surface area contributed by atoms with Crippen molar-refractivity contribution in [1.29, 1.82) is 0 Å². The zero-order chi connectivity index (χ0) is 18.0. The highest BCUT2D eigenvalue weighted by Gasteiger charge is 2.40. The van der Waals surface area contributed by atoms with Crippen LogP contribution in [0.5, 0.6) is 0 Å². The first-order valence-corrected chi connectivity index (χ1v) is 8.82. The van der Waals surface area contributed by atoms with Crippen LogP contribution in [0.25, 0.3) is 0 Å². The molecular formula is C18H23N3O4. The summed E-state index contributed by atoms with van der Waals surface area (Å²) < 4.78 is 0. The molecule has 0 radical (unpaired) electrons. The number of carbonyl (C=O) groups is 2. The van der Waals surface area contributed by atoms with Gasteiger partial charge in [0.2, 0.25) is 5.91 Å². The minimum Gasteiger partial charge on any atom is -0.353 e. The number of rotatable bonds is 4. The fourth-order valence-corrected chi connectivity index (χ4v) is 4.16. The lowest BCUT2D eigenvalue weighted by atomic mass is 9.70. The van der Waals surface area contributed by atoms with Gasteiger partial charge >= 0.3 is 0 Å². The van der Waals surface area contributed by atoms with Crippen molar-refractivity contribution in [2.75, 3.05) is 0 Å². The lowest BCUT2D eigenvalue weighted by molar-refractivity contribution is -0.384. The lowest BCUT2D eigenvalue weighted by Crippen LogP contribution is -2.55. The molecule has 1 aliphatic carbocycles. The molecule has 1 aromatic carbocycles. The molecule has 4 unspecified atom stereocenters. The van der Waals surface area contributed by atoms with E-state index in [2.05, 4.69) is 17.6 Å². The summed E-state index contributed by atoms with van der Waals surface area (Å²) in [5, 5.41) is 16.8. The minimum absolute atomic E-state index is 0.0137. The maximum Gasteiger partial charge on any atom is 0.269 e. The minimum atomic E-state index is -0.487. The van der Waals surface area contributed by atoms with E-state index >= 15 is 0 Å². The Morgan fingerprint density at radius 3 is 2.68 bits per heavy atom. The highest BCUT2D eigenvalue weighted by Crippen LogP contribution is 2.37. The number of nitro benzene ring substituents is 1. The van der Waals surface area contributed by atoms with Gasteiger partial charge in [-0.1, -0.05) is 13.3 Å². The van der Waals surface area contributed by atoms with Gasteiger partial charge in [0, 0.05) is 36.2 Å². The fraction of sp³-hybridized carbons (Fsp3) is 0.556. The number of nitro groups is 1. The van der Waals surface area contributed by atoms with E-state index in [9.17, 15) is 19.7 Å². The van der Waals surface area contributed by atoms with Crippen LogP contribution in [-0.4, -0.2) is 28.8 Å². The highest BCUT2D eigenvalue weighted by atomic mass is 16.6. The molecule has 7 heteroatoms. The molecule has 2 aliphatic rings. The van der Waals surface area contributed by atoms with E-state index in [1.165, 1.54) is 24.3 Å². The third kappa shape index (κ3) is 3.81. The molecule has 1 saturated carbocycles. The Balaban J connectivity index is 1.61. The molecule has 25 heavy (non-hydrogen) atoms. The third-order valence-electron chi connectivity index (χ3n) is 5.50. The Bertz CT molecular complexity index is 673. The van der Waals surface area contributed by atoms with Gasteiger partial charge in [-0.05, 0) is 43.2 Å². The number of hydrogen-bond acceptors (Lipinski definition) is 4. The molecule has 1 heterocycles. The van der Waals surface area contributed by atoms with Crippen molar-refractivity contribution in [3.05, 3.63) is 39.9 Å². The molecule has 0 bridgehead atoms. The van der Waals surface area contributed by atoms with Crippen LogP contribution in [0.3, 0.4) is 0 Å². The first-order valence-electron chi connectivity index (χ1n) is 8.82. The molecular weight excluding hydrogens is 322 g/mol. The van der Waals surface area contributed by atoms with E-state index in [1.54, 1.807) is 0 Å². The van der Waals surface area contributed by atoms with E-state index in [0.29, 0.717) is 23.8 Å². The number of benzene rings is 1. The molecule has 4 atom stereocenters. The van der Waals surface area contributed by atoms with Crippen LogP contribution in [0.1, 0.15) is 49.4 Å². The number of hydrogen-bond donors (Lipinski definition) is 2. The van der Waals surface area contributed by atoms with Gasteiger partial charge in [0.05, 0.1) is 4.92 Å². The quantitative estimate of drug-likeness (QED) is 0.646. The zero-order valence-electron chi connectivity index (χ0n) is 14.2. The summed E-state index contributed by atoms with van der Waals surface area (Å²) >= 11 is 0. The molecule has 2 fully saturated rings. The van der Waals surface area contributed by atoms with Crippen molar-refractivity contribution in [2.45, 2.75) is 51.1 Å². The summed E-state index contributed by atoms with van der Waals surface area (Å²) in [6.07, 6.45) is 4.25. The third-order valence-corrected chi connectivity index (χ3v) is 5.50. The van der Waals surface area contributed by atoms with Gasteiger partial charge in [0.25, 0.3) is 11.6 Å². The fourth-order valence-electron chi connectivity index (χ4n) is 4.16. The molecule has 2 N–H and O–H groups in total. The lowest BCUT2D eigenvalue weighted by Gasteiger charge is -2.44. The average Bonchev–Trinajstić information content (AvgIpc) is 2.60. The number of amides is 2. The van der Waals surface area contributed by atoms with Gasteiger partial charge in [0.15, 0.2) is 0 Å². The van der Waals surface area contributed by atoms with E-state index in [4.69, 9.17) is 0 Å². The van der Waals surface area contributed by atoms with Crippen molar-refractivity contribution < 1.29 is 14.5 Å². The van der Waals surface area contributed by atoms with Crippen LogP contribution in [0, 0.1) is 22.0 Å². The molecule has 3 rings (SSSR count). The van der Waals surface area contributed by atoms with Gasteiger partial charge in [0.1, 0.15) is 0 Å². The number of non-ortho nitro benzene ring substituents is 1. The first-order chi connectivity index (χ1) is 12.0. The molecule has 7 nitrogen and oxygen atoms in total. The van der Waals surface area contributed by atoms with Gasteiger partial charge < -0.3 is 10.6 Å². The maximum absolute atomic E-state index is 12.4. The van der Waals surface area contributed by atoms with Gasteiger partial charge in [-0.2, -0.15) is 0 Å². The number of fused-ring (bicyclic) bond motifs is 1. The number of carbonyl (C=O) groups excluding carboxylic acids is 2. The van der Waals surface area contributed by atoms with Crippen LogP contribution in [0.4, 0.5) is 5.69 Å². The monoisotopic (exact) mass is 345 g/mol. The summed E-state index contributed by atoms with van der Waals surface area (Å²) in [4.78, 5) is 34.4. The SMILES string of the molecule is CCC1CC(=O)NC2CC(NC(=O)c3ccc([N+](=O)[O-])cc3)CCC12. The van der Waals surface area contributed by atoms with Crippen LogP contribution >= 0.6 is 0 Å². The van der Waals surface area contributed by atoms with Gasteiger partial charge in [-0.3, -0.25) is 19.7 Å². The van der Waals surface area contributed by atoms with E-state index in [0.717, 1.165) is 25.7 Å². The van der Waals surface area contributed by atoms with Crippen molar-refractivity contribution in [3.63, 3.8) is 0 Å². The molecule has 0 aromatic heterocycles. The van der Waals surface area contributed by atoms with Crippen molar-refractivity contribution in [3.8, 4) is 0 Å². The van der Waals surface area contributed by atoms with Gasteiger partial charge in [-0.25, -0.2) is 0 Å². The topological polar surface area (TPSA) is 101 Å².